The molecule has 2 amide bonds. The van der Waals surface area contributed by atoms with Crippen LogP contribution in [0, 0.1) is 0 Å². The number of thiophene rings is 1. The average molecular weight is 351 g/mol. The van der Waals surface area contributed by atoms with Crippen molar-refractivity contribution in [2.24, 2.45) is 0 Å². The van der Waals surface area contributed by atoms with Crippen LogP contribution in [0.15, 0.2) is 41.8 Å². The van der Waals surface area contributed by atoms with E-state index in [1.807, 2.05) is 42.6 Å². The first-order valence-electron chi connectivity index (χ1n) is 7.31. The first-order chi connectivity index (χ1) is 11.0. The fourth-order valence-electron chi connectivity index (χ4n) is 2.30. The van der Waals surface area contributed by atoms with Crippen LogP contribution in [-0.2, 0) is 9.59 Å². The number of hydrogen-bond donors (Lipinski definition) is 2. The van der Waals surface area contributed by atoms with Gasteiger partial charge in [-0.25, -0.2) is 0 Å². The first-order valence-corrected chi connectivity index (χ1v) is 8.57. The summed E-state index contributed by atoms with van der Waals surface area (Å²) in [6.07, 6.45) is 0.199. The molecule has 1 aromatic carbocycles. The highest BCUT2D eigenvalue weighted by atomic mass is 35.5. The van der Waals surface area contributed by atoms with Crippen LogP contribution in [0.2, 0.25) is 5.02 Å². The van der Waals surface area contributed by atoms with Crippen molar-refractivity contribution in [3.05, 3.63) is 57.2 Å². The zero-order valence-electron chi connectivity index (χ0n) is 13.0. The van der Waals surface area contributed by atoms with Crippen LogP contribution in [0.1, 0.15) is 42.8 Å². The van der Waals surface area contributed by atoms with Crippen molar-refractivity contribution in [1.29, 1.82) is 0 Å². The summed E-state index contributed by atoms with van der Waals surface area (Å²) < 4.78 is 0. The number of benzene rings is 1. The Morgan fingerprint density at radius 3 is 2.61 bits per heavy atom. The van der Waals surface area contributed by atoms with Gasteiger partial charge in [0.15, 0.2) is 0 Å². The van der Waals surface area contributed by atoms with Crippen molar-refractivity contribution in [2.75, 3.05) is 0 Å². The lowest BCUT2D eigenvalue weighted by Crippen LogP contribution is -2.33. The predicted octanol–water partition coefficient (Wildman–Crippen LogP) is 3.85. The molecule has 2 rings (SSSR count). The lowest BCUT2D eigenvalue weighted by atomic mass is 10.1. The second-order valence-electron chi connectivity index (χ2n) is 5.32. The summed E-state index contributed by atoms with van der Waals surface area (Å²) in [7, 11) is 0. The maximum Gasteiger partial charge on any atom is 0.222 e. The van der Waals surface area contributed by atoms with Crippen molar-refractivity contribution in [3.8, 4) is 0 Å². The van der Waals surface area contributed by atoms with Gasteiger partial charge in [0, 0.05) is 16.8 Å². The van der Waals surface area contributed by atoms with Crippen LogP contribution in [0.5, 0.6) is 0 Å². The third kappa shape index (κ3) is 5.37. The molecule has 4 nitrogen and oxygen atoms in total. The topological polar surface area (TPSA) is 58.2 Å². The van der Waals surface area contributed by atoms with Crippen LogP contribution in [0.4, 0.5) is 0 Å². The van der Waals surface area contributed by atoms with Crippen molar-refractivity contribution in [2.45, 2.75) is 32.4 Å². The summed E-state index contributed by atoms with van der Waals surface area (Å²) in [5.74, 6) is -0.274. The highest BCUT2D eigenvalue weighted by molar-refractivity contribution is 7.10. The summed E-state index contributed by atoms with van der Waals surface area (Å²) >= 11 is 7.50. The van der Waals surface area contributed by atoms with Gasteiger partial charge in [-0.05, 0) is 36.1 Å². The zero-order chi connectivity index (χ0) is 16.8. The Morgan fingerprint density at radius 1 is 1.22 bits per heavy atom. The summed E-state index contributed by atoms with van der Waals surface area (Å²) in [6.45, 7) is 3.36. The van der Waals surface area contributed by atoms with E-state index in [4.69, 9.17) is 11.6 Å². The standard InChI is InChI=1S/C17H19ClN2O2S/c1-11(13-5-3-6-14(18)9-13)19-17(22)10-15(20-12(2)21)16-7-4-8-23-16/h3-9,11,15H,10H2,1-2H3,(H,19,22)(H,20,21)/t11-,15-/m0/s1. The Kier molecular flexibility index (Phi) is 6.19. The highest BCUT2D eigenvalue weighted by Crippen LogP contribution is 2.23. The van der Waals surface area contributed by atoms with Crippen LogP contribution >= 0.6 is 22.9 Å². The Labute approximate surface area is 144 Å². The fraction of sp³-hybridized carbons (Fsp3) is 0.294. The van der Waals surface area contributed by atoms with Crippen LogP contribution < -0.4 is 10.6 Å². The van der Waals surface area contributed by atoms with Gasteiger partial charge in [-0.1, -0.05) is 29.8 Å². The molecule has 23 heavy (non-hydrogen) atoms. The van der Waals surface area contributed by atoms with E-state index >= 15 is 0 Å². The van der Waals surface area contributed by atoms with Crippen molar-refractivity contribution >= 4 is 34.8 Å². The number of amides is 2. The van der Waals surface area contributed by atoms with E-state index in [0.29, 0.717) is 5.02 Å². The smallest absolute Gasteiger partial charge is 0.222 e. The molecule has 6 heteroatoms. The zero-order valence-corrected chi connectivity index (χ0v) is 14.6. The third-order valence-electron chi connectivity index (χ3n) is 3.38. The van der Waals surface area contributed by atoms with Gasteiger partial charge in [0.2, 0.25) is 11.8 Å². The van der Waals surface area contributed by atoms with Crippen LogP contribution in [-0.4, -0.2) is 11.8 Å². The van der Waals surface area contributed by atoms with Gasteiger partial charge >= 0.3 is 0 Å². The largest absolute Gasteiger partial charge is 0.350 e. The molecule has 2 N–H and O–H groups in total. The second-order valence-corrected chi connectivity index (χ2v) is 6.73. The minimum Gasteiger partial charge on any atom is -0.350 e. The normalized spacial score (nSPS) is 13.2. The number of carbonyl (C=O) groups excluding carboxylic acids is 2. The molecule has 0 bridgehead atoms. The van der Waals surface area contributed by atoms with Gasteiger partial charge in [0.25, 0.3) is 0 Å². The van der Waals surface area contributed by atoms with Gasteiger partial charge < -0.3 is 10.6 Å². The van der Waals surface area contributed by atoms with Gasteiger partial charge in [0.1, 0.15) is 0 Å². The lowest BCUT2D eigenvalue weighted by Gasteiger charge is -2.19. The SMILES string of the molecule is CC(=O)N[C@@H](CC(=O)N[C@@H](C)c1cccc(Cl)c1)c1cccs1. The summed E-state index contributed by atoms with van der Waals surface area (Å²) in [4.78, 5) is 24.6. The van der Waals surface area contributed by atoms with E-state index in [-0.39, 0.29) is 30.3 Å². The van der Waals surface area contributed by atoms with Crippen molar-refractivity contribution in [3.63, 3.8) is 0 Å². The van der Waals surface area contributed by atoms with Gasteiger partial charge in [-0.2, -0.15) is 0 Å². The van der Waals surface area contributed by atoms with Crippen molar-refractivity contribution < 1.29 is 9.59 Å². The molecule has 2 atom stereocenters. The number of hydrogen-bond acceptors (Lipinski definition) is 3. The minimum absolute atomic E-state index is 0.121. The number of halogens is 1. The van der Waals surface area contributed by atoms with E-state index in [0.717, 1.165) is 10.4 Å². The molecule has 0 saturated carbocycles. The molecule has 0 aliphatic carbocycles. The van der Waals surface area contributed by atoms with Crippen molar-refractivity contribution in [1.82, 2.24) is 10.6 Å². The quantitative estimate of drug-likeness (QED) is 0.831. The molecule has 0 aliphatic heterocycles. The number of rotatable bonds is 6. The minimum atomic E-state index is -0.306. The predicted molar refractivity (Wildman–Crippen MR) is 93.5 cm³/mol. The Morgan fingerprint density at radius 2 is 2.00 bits per heavy atom. The summed E-state index contributed by atoms with van der Waals surface area (Å²) in [5.41, 5.74) is 0.943. The molecule has 0 radical (unpaired) electrons. The Balaban J connectivity index is 2.00. The molecule has 2 aromatic rings. The maximum atomic E-state index is 12.3. The molecule has 1 heterocycles. The summed E-state index contributed by atoms with van der Waals surface area (Å²) in [5, 5.41) is 8.33. The molecule has 1 aromatic heterocycles. The molecule has 0 saturated heterocycles. The van der Waals surface area contributed by atoms with Gasteiger partial charge in [-0.3, -0.25) is 9.59 Å². The first kappa shape index (κ1) is 17.5. The second kappa shape index (κ2) is 8.13. The van der Waals surface area contributed by atoms with E-state index in [2.05, 4.69) is 10.6 Å². The molecule has 122 valence electrons. The van der Waals surface area contributed by atoms with Crippen LogP contribution in [0.3, 0.4) is 0 Å². The number of carbonyl (C=O) groups is 2. The molecule has 0 unspecified atom stereocenters. The van der Waals surface area contributed by atoms with E-state index < -0.39 is 0 Å². The van der Waals surface area contributed by atoms with Gasteiger partial charge in [0.05, 0.1) is 18.5 Å². The van der Waals surface area contributed by atoms with E-state index in [1.165, 1.54) is 18.3 Å². The molecular formula is C17H19ClN2O2S. The maximum absolute atomic E-state index is 12.3. The third-order valence-corrected chi connectivity index (χ3v) is 4.60. The van der Waals surface area contributed by atoms with E-state index in [1.54, 1.807) is 6.07 Å². The van der Waals surface area contributed by atoms with Gasteiger partial charge in [-0.15, -0.1) is 11.3 Å². The lowest BCUT2D eigenvalue weighted by molar-refractivity contribution is -0.123. The molecule has 0 aliphatic rings. The summed E-state index contributed by atoms with van der Waals surface area (Å²) in [6, 6.07) is 10.8. The molecular weight excluding hydrogens is 332 g/mol. The van der Waals surface area contributed by atoms with E-state index in [9.17, 15) is 9.59 Å². The monoisotopic (exact) mass is 350 g/mol. The number of nitrogens with one attached hydrogen (secondary N) is 2. The average Bonchev–Trinajstić information content (AvgIpc) is 3.00. The van der Waals surface area contributed by atoms with Crippen LogP contribution in [0.25, 0.3) is 0 Å². The fourth-order valence-corrected chi connectivity index (χ4v) is 3.28. The highest BCUT2D eigenvalue weighted by Gasteiger charge is 2.19. The Hall–Kier alpha value is -1.85. The Bertz CT molecular complexity index is 673. The molecule has 0 spiro atoms. The molecule has 0 fully saturated rings.